The molecule has 0 atom stereocenters. The van der Waals surface area contributed by atoms with Gasteiger partial charge < -0.3 is 4.74 Å². The van der Waals surface area contributed by atoms with E-state index >= 15 is 0 Å². The van der Waals surface area contributed by atoms with E-state index in [-0.39, 0.29) is 0 Å². The first kappa shape index (κ1) is 33.4. The number of alkyl halides is 13. The Morgan fingerprint density at radius 2 is 0.974 bits per heavy atom. The largest absolute Gasteiger partial charge is 0.460 e. The Morgan fingerprint density at radius 1 is 0.605 bits per heavy atom. The highest BCUT2D eigenvalue weighted by Crippen LogP contribution is 2.61. The van der Waals surface area contributed by atoms with Gasteiger partial charge in [0.15, 0.2) is 22.3 Å². The van der Waals surface area contributed by atoms with Gasteiger partial charge in [0, 0.05) is 0 Å². The molecule has 0 fully saturated rings. The molecule has 0 spiro atoms. The molecule has 1 rings (SSSR count). The van der Waals surface area contributed by atoms with Gasteiger partial charge in [-0.15, -0.1) is 0 Å². The zero-order chi connectivity index (χ0) is 30.8. The van der Waals surface area contributed by atoms with E-state index in [1.54, 1.807) is 0 Å². The molecule has 220 valence electrons. The fraction of sp³-hybridized carbons (Fsp3) is 0.429. The molecule has 0 saturated carbocycles. The second-order valence-electron chi connectivity index (χ2n) is 6.45. The summed E-state index contributed by atoms with van der Waals surface area (Å²) in [6.07, 6.45) is -7.85. The molecule has 0 aliphatic carbocycles. The first-order valence-electron chi connectivity index (χ1n) is 7.97. The number of halogens is 19. The molecule has 38 heavy (non-hydrogen) atoms. The van der Waals surface area contributed by atoms with Gasteiger partial charge in [0.1, 0.15) is 0 Å². The number of benzene rings is 1. The molecule has 4 nitrogen and oxygen atoms in total. The zero-order valence-electron chi connectivity index (χ0n) is 16.3. The van der Waals surface area contributed by atoms with E-state index in [4.69, 9.17) is 4.55 Å². The smallest absolute Gasteiger partial charge is 0.425 e. The maximum absolute atomic E-state index is 13.7. The Labute approximate surface area is 194 Å². The van der Waals surface area contributed by atoms with Crippen LogP contribution in [0.5, 0.6) is 5.75 Å². The molecule has 1 aromatic carbocycles. The van der Waals surface area contributed by atoms with Crippen molar-refractivity contribution in [2.75, 3.05) is 0 Å². The van der Waals surface area contributed by atoms with Crippen LogP contribution in [0.1, 0.15) is 0 Å². The molecule has 0 saturated heterocycles. The lowest BCUT2D eigenvalue weighted by molar-refractivity contribution is -0.437. The van der Waals surface area contributed by atoms with Crippen molar-refractivity contribution < 1.29 is 101 Å². The predicted octanol–water partition coefficient (Wildman–Crippen LogP) is 6.72. The monoisotopic (exact) mass is 626 g/mol. The van der Waals surface area contributed by atoms with Gasteiger partial charge in [-0.1, -0.05) is 0 Å². The minimum Gasteiger partial charge on any atom is -0.425 e. The second-order valence-corrected chi connectivity index (χ2v) is 7.81. The van der Waals surface area contributed by atoms with Crippen molar-refractivity contribution in [2.45, 2.75) is 40.7 Å². The molecule has 1 aromatic rings. The molecule has 0 aliphatic heterocycles. The molecular weight excluding hydrogens is 625 g/mol. The number of allylic oxidation sites excluding steroid dienone is 1. The first-order chi connectivity index (χ1) is 16.4. The first-order valence-corrected chi connectivity index (χ1v) is 9.41. The van der Waals surface area contributed by atoms with Crippen LogP contribution in [0.4, 0.5) is 83.4 Å². The van der Waals surface area contributed by atoms with Crippen molar-refractivity contribution in [1.29, 1.82) is 0 Å². The third-order valence-electron chi connectivity index (χ3n) is 4.01. The molecule has 0 aliphatic rings. The van der Waals surface area contributed by atoms with Crippen molar-refractivity contribution in [1.82, 2.24) is 0 Å². The van der Waals surface area contributed by atoms with Crippen molar-refractivity contribution in [3.05, 3.63) is 35.1 Å². The highest BCUT2D eigenvalue weighted by molar-refractivity contribution is 7.86. The Bertz CT molecular complexity index is 1250. The van der Waals surface area contributed by atoms with Crippen molar-refractivity contribution in [3.63, 3.8) is 0 Å². The van der Waals surface area contributed by atoms with Crippen LogP contribution in [0, 0.1) is 23.3 Å². The van der Waals surface area contributed by atoms with Gasteiger partial charge in [0.2, 0.25) is 17.5 Å². The molecule has 24 heteroatoms. The summed E-state index contributed by atoms with van der Waals surface area (Å²) >= 11 is 0. The molecule has 0 radical (unpaired) electrons. The predicted molar refractivity (Wildman–Crippen MR) is 76.7 cm³/mol. The van der Waals surface area contributed by atoms with E-state index in [0.717, 1.165) is 0 Å². The molecule has 0 unspecified atom stereocenters. The summed E-state index contributed by atoms with van der Waals surface area (Å²) in [5, 5.41) is 0. The van der Waals surface area contributed by atoms with E-state index in [2.05, 4.69) is 4.74 Å². The SMILES string of the molecule is O=S(=O)(O)c1c(F)c(F)c(F)c(F)c1OC(F)=C(F)C(F)(F)C(F)(F)C(F)(F)C(F)(F)C(F)(F)C(F)(F)F. The maximum Gasteiger partial charge on any atom is 0.460 e. The summed E-state index contributed by atoms with van der Waals surface area (Å²) in [5.74, 6) is -63.4. The van der Waals surface area contributed by atoms with Crippen LogP contribution in [-0.4, -0.2) is 48.8 Å². The van der Waals surface area contributed by atoms with Crippen LogP contribution in [0.2, 0.25) is 0 Å². The summed E-state index contributed by atoms with van der Waals surface area (Å²) in [7, 11) is -6.54. The summed E-state index contributed by atoms with van der Waals surface area (Å²) in [5.41, 5.74) is 0. The van der Waals surface area contributed by atoms with Gasteiger partial charge >= 0.3 is 51.9 Å². The van der Waals surface area contributed by atoms with E-state index in [0.29, 0.717) is 0 Å². The molecule has 0 amide bonds. The van der Waals surface area contributed by atoms with Crippen molar-refractivity contribution >= 4 is 10.1 Å². The minimum absolute atomic E-state index is 2.79. The van der Waals surface area contributed by atoms with E-state index in [9.17, 15) is 91.8 Å². The Kier molecular flexibility index (Phi) is 8.10. The highest BCUT2D eigenvalue weighted by atomic mass is 32.2. The lowest BCUT2D eigenvalue weighted by Crippen LogP contribution is -2.70. The highest BCUT2D eigenvalue weighted by Gasteiger charge is 2.91. The average Bonchev–Trinajstić information content (AvgIpc) is 2.72. The summed E-state index contributed by atoms with van der Waals surface area (Å²) in [4.78, 5) is -3.13. The van der Waals surface area contributed by atoms with E-state index in [1.807, 2.05) is 0 Å². The van der Waals surface area contributed by atoms with Gasteiger partial charge in [-0.05, 0) is 0 Å². The number of ether oxygens (including phenoxy) is 1. The minimum atomic E-state index is -8.65. The normalized spacial score (nSPS) is 15.5. The molecular formula is C14HF19O4S. The van der Waals surface area contributed by atoms with Gasteiger partial charge in [-0.3, -0.25) is 4.55 Å². The van der Waals surface area contributed by atoms with Crippen LogP contribution in [0.3, 0.4) is 0 Å². The topological polar surface area (TPSA) is 63.6 Å². The van der Waals surface area contributed by atoms with Gasteiger partial charge in [-0.2, -0.15) is 78.7 Å². The Balaban J connectivity index is 3.85. The van der Waals surface area contributed by atoms with Crippen LogP contribution in [0.15, 0.2) is 16.7 Å². The third kappa shape index (κ3) is 4.68. The van der Waals surface area contributed by atoms with Gasteiger partial charge in [0.05, 0.1) is 0 Å². The quantitative estimate of drug-likeness (QED) is 0.115. The van der Waals surface area contributed by atoms with Crippen LogP contribution >= 0.6 is 0 Å². The zero-order valence-corrected chi connectivity index (χ0v) is 17.1. The standard InChI is InChI=1S/C14HF19O4S/c15-1-2(16)4(18)6(38(34,35)36)5(3(1)17)37-8(20)7(19)9(21,22)10(23,24)11(25,26)12(27,28)13(29,30)14(31,32)33/h(H,34,35,36). The van der Waals surface area contributed by atoms with Gasteiger partial charge in [-0.25, -0.2) is 13.2 Å². The summed E-state index contributed by atoms with van der Waals surface area (Å²) in [6, 6.07) is -4.43. The summed E-state index contributed by atoms with van der Waals surface area (Å²) in [6.45, 7) is 0. The number of hydrogen-bond acceptors (Lipinski definition) is 3. The van der Waals surface area contributed by atoms with Crippen molar-refractivity contribution in [2.24, 2.45) is 0 Å². The summed E-state index contributed by atoms with van der Waals surface area (Å²) < 4.78 is 283. The second kappa shape index (κ2) is 9.22. The fourth-order valence-electron chi connectivity index (χ4n) is 2.08. The number of rotatable bonds is 8. The maximum atomic E-state index is 13.7. The number of hydrogen-bond donors (Lipinski definition) is 1. The van der Waals surface area contributed by atoms with Crippen molar-refractivity contribution in [3.8, 4) is 5.75 Å². The molecule has 1 N–H and O–H groups in total. The fourth-order valence-corrected chi connectivity index (χ4v) is 2.76. The Hall–Kier alpha value is -2.66. The van der Waals surface area contributed by atoms with Gasteiger partial charge in [0.25, 0.3) is 0 Å². The molecule has 0 aromatic heterocycles. The third-order valence-corrected chi connectivity index (χ3v) is 4.89. The average molecular weight is 626 g/mol. The Morgan fingerprint density at radius 3 is 1.34 bits per heavy atom. The molecule has 0 bridgehead atoms. The van der Waals surface area contributed by atoms with Crippen LogP contribution in [0.25, 0.3) is 0 Å². The lowest BCUT2D eigenvalue weighted by Gasteiger charge is -2.39. The van der Waals surface area contributed by atoms with Crippen LogP contribution in [-0.2, 0) is 10.1 Å². The lowest BCUT2D eigenvalue weighted by atomic mass is 9.93. The molecule has 0 heterocycles. The van der Waals surface area contributed by atoms with Crippen LogP contribution < -0.4 is 4.74 Å². The van der Waals surface area contributed by atoms with E-state index < -0.39 is 91.7 Å². The van der Waals surface area contributed by atoms with E-state index in [1.165, 1.54) is 0 Å².